The Morgan fingerprint density at radius 1 is 1.07 bits per heavy atom. The van der Waals surface area contributed by atoms with Crippen LogP contribution in [0.2, 0.25) is 0 Å². The summed E-state index contributed by atoms with van der Waals surface area (Å²) in [6.07, 6.45) is 1.42. The topological polar surface area (TPSA) is 101 Å². The Bertz CT molecular complexity index is 1110. The van der Waals surface area contributed by atoms with Crippen molar-refractivity contribution in [2.45, 2.75) is 11.8 Å². The van der Waals surface area contributed by atoms with Crippen molar-refractivity contribution in [3.8, 4) is 0 Å². The van der Waals surface area contributed by atoms with Gasteiger partial charge in [0.05, 0.1) is 16.9 Å². The van der Waals surface area contributed by atoms with Crippen LogP contribution in [0.25, 0.3) is 0 Å². The van der Waals surface area contributed by atoms with E-state index in [0.29, 0.717) is 17.0 Å². The highest BCUT2D eigenvalue weighted by atomic mass is 79.9. The largest absolute Gasteiger partial charge is 0.459 e. The van der Waals surface area contributed by atoms with Gasteiger partial charge >= 0.3 is 0 Å². The molecule has 0 fully saturated rings. The summed E-state index contributed by atoms with van der Waals surface area (Å²) in [4.78, 5) is 14.4. The molecule has 2 aromatic carbocycles. The Labute approximate surface area is 170 Å². The average molecular weight is 462 g/mol. The SMILES string of the molecule is C/C(=N/NS(=O)(=O)c1ccc(Br)cc1)c1cccc(NC(=O)c2ccco2)c1. The van der Waals surface area contributed by atoms with Crippen molar-refractivity contribution >= 4 is 43.3 Å². The quantitative estimate of drug-likeness (QED) is 0.427. The zero-order valence-corrected chi connectivity index (χ0v) is 17.1. The first kappa shape index (κ1) is 19.8. The lowest BCUT2D eigenvalue weighted by molar-refractivity contribution is 0.0996. The van der Waals surface area contributed by atoms with Crippen LogP contribution in [0.1, 0.15) is 23.0 Å². The van der Waals surface area contributed by atoms with Gasteiger partial charge in [0.2, 0.25) is 0 Å². The minimum absolute atomic E-state index is 0.103. The molecule has 28 heavy (non-hydrogen) atoms. The number of nitrogens with zero attached hydrogens (tertiary/aromatic N) is 1. The van der Waals surface area contributed by atoms with E-state index in [0.717, 1.165) is 4.47 Å². The Kier molecular flexibility index (Phi) is 5.96. The second-order valence-corrected chi connectivity index (χ2v) is 8.33. The molecule has 7 nitrogen and oxygen atoms in total. The highest BCUT2D eigenvalue weighted by Crippen LogP contribution is 2.16. The number of hydrazone groups is 1. The number of furan rings is 1. The fourth-order valence-electron chi connectivity index (χ4n) is 2.28. The Morgan fingerprint density at radius 2 is 1.82 bits per heavy atom. The van der Waals surface area contributed by atoms with E-state index in [1.807, 2.05) is 0 Å². The highest BCUT2D eigenvalue weighted by Gasteiger charge is 2.13. The van der Waals surface area contributed by atoms with Gasteiger partial charge in [-0.3, -0.25) is 4.79 Å². The molecule has 0 unspecified atom stereocenters. The first-order chi connectivity index (χ1) is 13.3. The lowest BCUT2D eigenvalue weighted by atomic mass is 10.1. The number of amides is 1. The van der Waals surface area contributed by atoms with Crippen molar-refractivity contribution in [1.82, 2.24) is 4.83 Å². The lowest BCUT2D eigenvalue weighted by Crippen LogP contribution is -2.20. The number of anilines is 1. The van der Waals surface area contributed by atoms with E-state index in [9.17, 15) is 13.2 Å². The number of halogens is 1. The molecule has 1 heterocycles. The van der Waals surface area contributed by atoms with Crippen LogP contribution in [-0.2, 0) is 10.0 Å². The fourth-order valence-corrected chi connectivity index (χ4v) is 3.40. The van der Waals surface area contributed by atoms with Crippen LogP contribution in [-0.4, -0.2) is 20.0 Å². The van der Waals surface area contributed by atoms with Crippen LogP contribution in [0, 0.1) is 0 Å². The Hall–Kier alpha value is -2.91. The molecule has 9 heteroatoms. The van der Waals surface area contributed by atoms with Crippen molar-refractivity contribution in [2.24, 2.45) is 5.10 Å². The molecule has 0 aliphatic heterocycles. The fraction of sp³-hybridized carbons (Fsp3) is 0.0526. The number of hydrogen-bond donors (Lipinski definition) is 2. The van der Waals surface area contributed by atoms with E-state index >= 15 is 0 Å². The van der Waals surface area contributed by atoms with Gasteiger partial charge < -0.3 is 9.73 Å². The summed E-state index contributed by atoms with van der Waals surface area (Å²) in [5, 5.41) is 6.68. The Balaban J connectivity index is 1.74. The summed E-state index contributed by atoms with van der Waals surface area (Å²) in [7, 11) is -3.78. The third-order valence-electron chi connectivity index (χ3n) is 3.74. The number of nitrogens with one attached hydrogen (secondary N) is 2. The minimum atomic E-state index is -3.78. The number of carbonyl (C=O) groups excluding carboxylic acids is 1. The zero-order valence-electron chi connectivity index (χ0n) is 14.7. The highest BCUT2D eigenvalue weighted by molar-refractivity contribution is 9.10. The molecule has 144 valence electrons. The van der Waals surface area contributed by atoms with E-state index in [1.54, 1.807) is 55.5 Å². The monoisotopic (exact) mass is 461 g/mol. The lowest BCUT2D eigenvalue weighted by Gasteiger charge is -2.08. The molecule has 0 aliphatic rings. The van der Waals surface area contributed by atoms with Crippen LogP contribution in [0.15, 0.2) is 85.8 Å². The molecule has 2 N–H and O–H groups in total. The predicted octanol–water partition coefficient (Wildman–Crippen LogP) is 4.00. The van der Waals surface area contributed by atoms with Crippen LogP contribution >= 0.6 is 15.9 Å². The van der Waals surface area contributed by atoms with Crippen molar-refractivity contribution in [1.29, 1.82) is 0 Å². The molecule has 0 saturated heterocycles. The summed E-state index contributed by atoms with van der Waals surface area (Å²) in [6.45, 7) is 1.66. The van der Waals surface area contributed by atoms with Gasteiger partial charge in [-0.05, 0) is 61.0 Å². The number of carbonyl (C=O) groups is 1. The molecular weight excluding hydrogens is 446 g/mol. The van der Waals surface area contributed by atoms with Gasteiger partial charge in [0, 0.05) is 10.2 Å². The second kappa shape index (κ2) is 8.41. The second-order valence-electron chi connectivity index (χ2n) is 5.76. The summed E-state index contributed by atoms with van der Waals surface area (Å²) in [5.41, 5.74) is 1.62. The standard InChI is InChI=1S/C19H16BrN3O4S/c1-13(22-23-28(25,26)17-9-7-15(20)8-10-17)14-4-2-5-16(12-14)21-19(24)18-6-3-11-27-18/h2-12,23H,1H3,(H,21,24)/b22-13-. The van der Waals surface area contributed by atoms with E-state index in [1.165, 1.54) is 18.4 Å². The van der Waals surface area contributed by atoms with E-state index in [4.69, 9.17) is 4.42 Å². The molecule has 0 saturated carbocycles. The molecule has 0 bridgehead atoms. The predicted molar refractivity (Wildman–Crippen MR) is 110 cm³/mol. The van der Waals surface area contributed by atoms with Crippen LogP contribution in [0.5, 0.6) is 0 Å². The molecule has 0 spiro atoms. The molecule has 3 aromatic rings. The van der Waals surface area contributed by atoms with Crippen LogP contribution in [0.3, 0.4) is 0 Å². The number of rotatable bonds is 6. The summed E-state index contributed by atoms with van der Waals surface area (Å²) >= 11 is 3.26. The van der Waals surface area contributed by atoms with Gasteiger partial charge in [-0.15, -0.1) is 0 Å². The van der Waals surface area contributed by atoms with Gasteiger partial charge in [-0.1, -0.05) is 28.1 Å². The maximum atomic E-state index is 12.3. The van der Waals surface area contributed by atoms with Crippen molar-refractivity contribution in [3.05, 3.63) is 82.7 Å². The molecule has 0 aliphatic carbocycles. The van der Waals surface area contributed by atoms with Crippen molar-refractivity contribution in [3.63, 3.8) is 0 Å². The smallest absolute Gasteiger partial charge is 0.291 e. The number of sulfonamides is 1. The first-order valence-corrected chi connectivity index (χ1v) is 10.4. The first-order valence-electron chi connectivity index (χ1n) is 8.12. The minimum Gasteiger partial charge on any atom is -0.459 e. The maximum Gasteiger partial charge on any atom is 0.291 e. The van der Waals surface area contributed by atoms with Crippen molar-refractivity contribution < 1.29 is 17.6 Å². The van der Waals surface area contributed by atoms with Gasteiger partial charge in [-0.25, -0.2) is 0 Å². The third kappa shape index (κ3) is 4.87. The number of hydrogen-bond acceptors (Lipinski definition) is 5. The number of benzene rings is 2. The average Bonchev–Trinajstić information content (AvgIpc) is 3.22. The van der Waals surface area contributed by atoms with Gasteiger partial charge in [-0.2, -0.15) is 18.4 Å². The van der Waals surface area contributed by atoms with E-state index < -0.39 is 10.0 Å². The molecule has 1 aromatic heterocycles. The van der Waals surface area contributed by atoms with Gasteiger partial charge in [0.25, 0.3) is 15.9 Å². The molecule has 1 amide bonds. The third-order valence-corrected chi connectivity index (χ3v) is 5.49. The van der Waals surface area contributed by atoms with E-state index in [-0.39, 0.29) is 16.6 Å². The molecular formula is C19H16BrN3O4S. The van der Waals surface area contributed by atoms with E-state index in [2.05, 4.69) is 31.2 Å². The van der Waals surface area contributed by atoms with Crippen LogP contribution < -0.4 is 10.1 Å². The van der Waals surface area contributed by atoms with Gasteiger partial charge in [0.15, 0.2) is 5.76 Å². The summed E-state index contributed by atoms with van der Waals surface area (Å²) < 4.78 is 30.5. The normalized spacial score (nSPS) is 11.9. The maximum absolute atomic E-state index is 12.3. The van der Waals surface area contributed by atoms with Crippen LogP contribution in [0.4, 0.5) is 5.69 Å². The van der Waals surface area contributed by atoms with Crippen molar-refractivity contribution in [2.75, 3.05) is 5.32 Å². The molecule has 3 rings (SSSR count). The summed E-state index contributed by atoms with van der Waals surface area (Å²) in [6, 6.07) is 16.3. The summed E-state index contributed by atoms with van der Waals surface area (Å²) in [5.74, 6) is -0.189. The Morgan fingerprint density at radius 3 is 2.50 bits per heavy atom. The molecule has 0 radical (unpaired) electrons. The molecule has 0 atom stereocenters. The van der Waals surface area contributed by atoms with Gasteiger partial charge in [0.1, 0.15) is 0 Å². The zero-order chi connectivity index (χ0) is 20.1.